The van der Waals surface area contributed by atoms with E-state index in [4.69, 9.17) is 0 Å². The fourth-order valence-electron chi connectivity index (χ4n) is 2.43. The van der Waals surface area contributed by atoms with Crippen molar-refractivity contribution in [1.82, 2.24) is 4.90 Å². The summed E-state index contributed by atoms with van der Waals surface area (Å²) in [5.41, 5.74) is 0. The third-order valence-corrected chi connectivity index (χ3v) is 3.56. The van der Waals surface area contributed by atoms with Gasteiger partial charge < -0.3 is 4.90 Å². The van der Waals surface area contributed by atoms with Crippen LogP contribution in [0.5, 0.6) is 0 Å². The van der Waals surface area contributed by atoms with Crippen LogP contribution in [0.2, 0.25) is 0 Å². The van der Waals surface area contributed by atoms with Gasteiger partial charge in [-0.05, 0) is 26.2 Å². The Morgan fingerprint density at radius 1 is 1.15 bits per heavy atom. The summed E-state index contributed by atoms with van der Waals surface area (Å²) in [4.78, 5) is 14.0. The first-order valence-corrected chi connectivity index (χ1v) is 5.59. The van der Waals surface area contributed by atoms with Gasteiger partial charge >= 0.3 is 0 Å². The van der Waals surface area contributed by atoms with E-state index in [9.17, 15) is 4.79 Å². The molecule has 2 fully saturated rings. The minimum absolute atomic E-state index is 0.372. The van der Waals surface area contributed by atoms with E-state index in [2.05, 4.69) is 11.8 Å². The van der Waals surface area contributed by atoms with Crippen LogP contribution < -0.4 is 0 Å². The normalized spacial score (nSPS) is 29.9. The molecule has 1 saturated heterocycles. The van der Waals surface area contributed by atoms with Crippen molar-refractivity contribution in [2.24, 2.45) is 5.92 Å². The third-order valence-electron chi connectivity index (χ3n) is 3.56. The van der Waals surface area contributed by atoms with Crippen LogP contribution in [0.1, 0.15) is 45.4 Å². The Morgan fingerprint density at radius 2 is 1.85 bits per heavy atom. The van der Waals surface area contributed by atoms with Gasteiger partial charge in [0.15, 0.2) is 0 Å². The van der Waals surface area contributed by atoms with Gasteiger partial charge in [-0.1, -0.05) is 19.3 Å². The molecule has 1 amide bonds. The number of carbonyl (C=O) groups is 1. The van der Waals surface area contributed by atoms with E-state index in [-0.39, 0.29) is 0 Å². The van der Waals surface area contributed by atoms with Crippen LogP contribution >= 0.6 is 0 Å². The Balaban J connectivity index is 1.88. The zero-order valence-corrected chi connectivity index (χ0v) is 8.46. The Morgan fingerprint density at radius 3 is 2.31 bits per heavy atom. The van der Waals surface area contributed by atoms with Crippen LogP contribution in [0.3, 0.4) is 0 Å². The van der Waals surface area contributed by atoms with E-state index in [0.717, 1.165) is 19.4 Å². The monoisotopic (exact) mass is 181 g/mol. The molecule has 0 aromatic carbocycles. The molecule has 2 aliphatic rings. The largest absolute Gasteiger partial charge is 0.340 e. The molecular weight excluding hydrogens is 162 g/mol. The van der Waals surface area contributed by atoms with Crippen molar-refractivity contribution in [3.8, 4) is 0 Å². The summed E-state index contributed by atoms with van der Waals surface area (Å²) < 4.78 is 0. The topological polar surface area (TPSA) is 20.3 Å². The number of carbonyl (C=O) groups excluding carboxylic acids is 1. The van der Waals surface area contributed by atoms with Crippen molar-refractivity contribution < 1.29 is 4.79 Å². The van der Waals surface area contributed by atoms with E-state index in [1.54, 1.807) is 0 Å². The molecule has 1 atom stereocenters. The molecule has 2 heteroatoms. The van der Waals surface area contributed by atoms with Crippen LogP contribution in [0.15, 0.2) is 0 Å². The van der Waals surface area contributed by atoms with Crippen LogP contribution in [0, 0.1) is 5.92 Å². The van der Waals surface area contributed by atoms with Crippen molar-refractivity contribution in [3.63, 3.8) is 0 Å². The lowest BCUT2D eigenvalue weighted by Gasteiger charge is -2.41. The van der Waals surface area contributed by atoms with Gasteiger partial charge in [0.1, 0.15) is 0 Å². The third kappa shape index (κ3) is 1.72. The fourth-order valence-corrected chi connectivity index (χ4v) is 2.43. The molecule has 13 heavy (non-hydrogen) atoms. The molecule has 1 saturated carbocycles. The number of likely N-dealkylation sites (tertiary alicyclic amines) is 1. The molecule has 1 heterocycles. The molecule has 0 aromatic rings. The summed E-state index contributed by atoms with van der Waals surface area (Å²) in [6.45, 7) is 3.17. The second kappa shape index (κ2) is 3.69. The van der Waals surface area contributed by atoms with Crippen LogP contribution in [0.25, 0.3) is 0 Å². The van der Waals surface area contributed by atoms with Gasteiger partial charge in [0, 0.05) is 18.5 Å². The summed E-state index contributed by atoms with van der Waals surface area (Å²) >= 11 is 0. The van der Waals surface area contributed by atoms with Crippen molar-refractivity contribution in [2.45, 2.75) is 51.5 Å². The van der Waals surface area contributed by atoms with Crippen LogP contribution in [-0.4, -0.2) is 23.4 Å². The molecule has 1 unspecified atom stereocenters. The molecule has 74 valence electrons. The number of rotatable bonds is 1. The molecule has 0 aromatic heterocycles. The number of hydrogen-bond donors (Lipinski definition) is 0. The van der Waals surface area contributed by atoms with Crippen molar-refractivity contribution >= 4 is 5.91 Å². The van der Waals surface area contributed by atoms with E-state index in [0.29, 0.717) is 17.9 Å². The smallest absolute Gasteiger partial charge is 0.225 e. The van der Waals surface area contributed by atoms with Crippen LogP contribution in [0.4, 0.5) is 0 Å². The highest BCUT2D eigenvalue weighted by Gasteiger charge is 2.33. The minimum Gasteiger partial charge on any atom is -0.340 e. The van der Waals surface area contributed by atoms with E-state index in [1.165, 1.54) is 25.7 Å². The molecule has 0 bridgehead atoms. The molecule has 0 radical (unpaired) electrons. The standard InChI is InChI=1S/C11H19NO/c1-9-7-8-12(9)11(13)10-5-3-2-4-6-10/h9-10H,2-8H2,1H3. The predicted octanol–water partition coefficient (Wildman–Crippen LogP) is 2.19. The Kier molecular flexibility index (Phi) is 2.56. The number of nitrogens with zero attached hydrogens (tertiary/aromatic N) is 1. The molecular formula is C11H19NO. The molecule has 0 spiro atoms. The predicted molar refractivity (Wildman–Crippen MR) is 52.4 cm³/mol. The van der Waals surface area contributed by atoms with Gasteiger partial charge in [-0.25, -0.2) is 0 Å². The average Bonchev–Trinajstić information content (AvgIpc) is 2.17. The maximum Gasteiger partial charge on any atom is 0.225 e. The SMILES string of the molecule is CC1CCN1C(=O)C1CCCCC1. The average molecular weight is 181 g/mol. The highest BCUT2D eigenvalue weighted by atomic mass is 16.2. The maximum absolute atomic E-state index is 11.9. The molecule has 0 N–H and O–H groups in total. The fraction of sp³-hybridized carbons (Fsp3) is 0.909. The van der Waals surface area contributed by atoms with Gasteiger partial charge in [0.05, 0.1) is 0 Å². The molecule has 1 aliphatic heterocycles. The highest BCUT2D eigenvalue weighted by molar-refractivity contribution is 5.79. The van der Waals surface area contributed by atoms with Gasteiger partial charge in [0.25, 0.3) is 0 Å². The Labute approximate surface area is 80.3 Å². The first-order chi connectivity index (χ1) is 6.29. The lowest BCUT2D eigenvalue weighted by Crippen LogP contribution is -2.51. The van der Waals surface area contributed by atoms with Crippen molar-refractivity contribution in [2.75, 3.05) is 6.54 Å². The second-order valence-electron chi connectivity index (χ2n) is 4.50. The quantitative estimate of drug-likeness (QED) is 0.607. The lowest BCUT2D eigenvalue weighted by molar-refractivity contribution is -0.143. The van der Waals surface area contributed by atoms with Crippen molar-refractivity contribution in [3.05, 3.63) is 0 Å². The molecule has 2 nitrogen and oxygen atoms in total. The summed E-state index contributed by atoms with van der Waals surface area (Å²) in [5, 5.41) is 0. The first kappa shape index (κ1) is 9.04. The summed E-state index contributed by atoms with van der Waals surface area (Å²) in [6, 6.07) is 0.523. The van der Waals surface area contributed by atoms with Gasteiger partial charge in [-0.3, -0.25) is 4.79 Å². The number of amides is 1. The van der Waals surface area contributed by atoms with Gasteiger partial charge in [-0.2, -0.15) is 0 Å². The van der Waals surface area contributed by atoms with Gasteiger partial charge in [-0.15, -0.1) is 0 Å². The first-order valence-electron chi connectivity index (χ1n) is 5.59. The van der Waals surface area contributed by atoms with Gasteiger partial charge in [0.2, 0.25) is 5.91 Å². The lowest BCUT2D eigenvalue weighted by atomic mass is 9.87. The second-order valence-corrected chi connectivity index (χ2v) is 4.50. The summed E-state index contributed by atoms with van der Waals surface area (Å²) in [5.74, 6) is 0.815. The zero-order chi connectivity index (χ0) is 9.26. The Bertz CT molecular complexity index is 196. The number of hydrogen-bond acceptors (Lipinski definition) is 1. The molecule has 2 rings (SSSR count). The van der Waals surface area contributed by atoms with Crippen LogP contribution in [-0.2, 0) is 4.79 Å². The molecule has 1 aliphatic carbocycles. The van der Waals surface area contributed by atoms with Crippen molar-refractivity contribution in [1.29, 1.82) is 0 Å². The Hall–Kier alpha value is -0.530. The maximum atomic E-state index is 11.9. The highest BCUT2D eigenvalue weighted by Crippen LogP contribution is 2.28. The zero-order valence-electron chi connectivity index (χ0n) is 8.46. The minimum atomic E-state index is 0.372. The summed E-state index contributed by atoms with van der Waals surface area (Å²) in [6.07, 6.45) is 7.35. The van der Waals surface area contributed by atoms with E-state index in [1.807, 2.05) is 0 Å². The van der Waals surface area contributed by atoms with E-state index < -0.39 is 0 Å². The van der Waals surface area contributed by atoms with E-state index >= 15 is 0 Å². The summed E-state index contributed by atoms with van der Waals surface area (Å²) in [7, 11) is 0.